The van der Waals surface area contributed by atoms with Gasteiger partial charge in [0.25, 0.3) is 0 Å². The van der Waals surface area contributed by atoms with Crippen LogP contribution in [0.15, 0.2) is 61.9 Å². The van der Waals surface area contributed by atoms with Crippen molar-refractivity contribution in [2.75, 3.05) is 0 Å². The van der Waals surface area contributed by atoms with Gasteiger partial charge in [0, 0.05) is 6.54 Å². The lowest BCUT2D eigenvalue weighted by atomic mass is 10.1. The van der Waals surface area contributed by atoms with Crippen LogP contribution in [0.4, 0.5) is 4.39 Å². The van der Waals surface area contributed by atoms with Crippen molar-refractivity contribution >= 4 is 16.9 Å². The summed E-state index contributed by atoms with van der Waals surface area (Å²) in [6, 6.07) is 3.74. The first-order chi connectivity index (χ1) is 13.0. The highest BCUT2D eigenvalue weighted by Crippen LogP contribution is 2.28. The minimum atomic E-state index is -0.519. The lowest BCUT2D eigenvalue weighted by Gasteiger charge is -2.09. The van der Waals surface area contributed by atoms with Crippen LogP contribution in [0.5, 0.6) is 0 Å². The zero-order valence-corrected chi connectivity index (χ0v) is 15.4. The fourth-order valence-electron chi connectivity index (χ4n) is 2.81. The predicted molar refractivity (Wildman–Crippen MR) is 106 cm³/mol. The first-order valence-electron chi connectivity index (χ1n) is 8.50. The number of nitrogens with zero attached hydrogens (tertiary/aromatic N) is 5. The average Bonchev–Trinajstić information content (AvgIpc) is 3.25. The van der Waals surface area contributed by atoms with Gasteiger partial charge in [0.2, 0.25) is 0 Å². The molecule has 0 aromatic carbocycles. The second kappa shape index (κ2) is 7.41. The molecule has 27 heavy (non-hydrogen) atoms. The highest BCUT2D eigenvalue weighted by molar-refractivity contribution is 5.81. The number of rotatable bonds is 6. The van der Waals surface area contributed by atoms with Crippen molar-refractivity contribution in [2.45, 2.75) is 20.4 Å². The van der Waals surface area contributed by atoms with Crippen molar-refractivity contribution in [2.24, 2.45) is 5.73 Å². The molecule has 138 valence electrons. The van der Waals surface area contributed by atoms with Crippen molar-refractivity contribution in [3.8, 4) is 11.4 Å². The van der Waals surface area contributed by atoms with E-state index in [1.54, 1.807) is 23.1 Å². The summed E-state index contributed by atoms with van der Waals surface area (Å²) in [5.41, 5.74) is 10.5. The van der Waals surface area contributed by atoms with Gasteiger partial charge in [0.1, 0.15) is 17.2 Å². The molecule has 0 aliphatic rings. The quantitative estimate of drug-likeness (QED) is 0.671. The topological polar surface area (TPSA) is 74.0 Å². The highest BCUT2D eigenvalue weighted by Gasteiger charge is 2.17. The van der Waals surface area contributed by atoms with Crippen LogP contribution in [0, 0.1) is 0 Å². The smallest absolute Gasteiger partial charge is 0.154 e. The maximum Gasteiger partial charge on any atom is 0.154 e. The summed E-state index contributed by atoms with van der Waals surface area (Å²) >= 11 is 0. The number of aryl methyl sites for hydroxylation is 1. The summed E-state index contributed by atoms with van der Waals surface area (Å²) in [5.74, 6) is -0.519. The molecule has 2 N–H and O–H groups in total. The molecular formula is C20H21FN6. The Kier molecular flexibility index (Phi) is 5.03. The van der Waals surface area contributed by atoms with Gasteiger partial charge in [-0.25, -0.2) is 18.9 Å². The van der Waals surface area contributed by atoms with Crippen molar-refractivity contribution in [3.05, 3.63) is 73.3 Å². The van der Waals surface area contributed by atoms with Crippen LogP contribution in [0.25, 0.3) is 28.3 Å². The maximum absolute atomic E-state index is 13.1. The molecule has 0 saturated carbocycles. The Morgan fingerprint density at radius 1 is 1.26 bits per heavy atom. The number of aromatic nitrogens is 5. The molecule has 0 spiro atoms. The lowest BCUT2D eigenvalue weighted by molar-refractivity contribution is 0.671. The number of nitrogens with two attached hydrogens (primary N) is 1. The third-order valence-electron chi connectivity index (χ3n) is 4.14. The fraction of sp³-hybridized carbons (Fsp3) is 0.150. The van der Waals surface area contributed by atoms with Crippen molar-refractivity contribution < 1.29 is 4.39 Å². The van der Waals surface area contributed by atoms with Crippen molar-refractivity contribution in [3.63, 3.8) is 0 Å². The molecule has 0 unspecified atom stereocenters. The largest absolute Gasteiger partial charge is 0.397 e. The Labute approximate surface area is 156 Å². The summed E-state index contributed by atoms with van der Waals surface area (Å²) in [6.45, 7) is 11.6. The van der Waals surface area contributed by atoms with Crippen LogP contribution >= 0.6 is 0 Å². The molecule has 3 aromatic rings. The van der Waals surface area contributed by atoms with Gasteiger partial charge in [-0.05, 0) is 37.6 Å². The highest BCUT2D eigenvalue weighted by atomic mass is 19.1. The molecule has 7 heteroatoms. The van der Waals surface area contributed by atoms with E-state index in [-0.39, 0.29) is 0 Å². The summed E-state index contributed by atoms with van der Waals surface area (Å²) < 4.78 is 16.7. The van der Waals surface area contributed by atoms with Crippen molar-refractivity contribution in [1.29, 1.82) is 0 Å². The minimum absolute atomic E-state index is 0.384. The molecule has 0 atom stereocenters. The molecule has 0 bridgehead atoms. The van der Waals surface area contributed by atoms with E-state index in [1.807, 2.05) is 36.6 Å². The van der Waals surface area contributed by atoms with Crippen LogP contribution < -0.4 is 5.73 Å². The number of hydrogen-bond donors (Lipinski definition) is 1. The van der Waals surface area contributed by atoms with E-state index >= 15 is 0 Å². The van der Waals surface area contributed by atoms with Gasteiger partial charge in [-0.3, -0.25) is 0 Å². The SMILES string of the molecule is C=C(F)/C=C\C(=C/C)c1ncn(CC)c1-c1ccc2ncc(C(=C)N)n2n1. The molecule has 3 aromatic heterocycles. The Balaban J connectivity index is 2.20. The number of allylic oxidation sites excluding steroid dienone is 5. The van der Waals surface area contributed by atoms with Crippen molar-refractivity contribution in [1.82, 2.24) is 24.1 Å². The van der Waals surface area contributed by atoms with E-state index in [4.69, 9.17) is 5.73 Å². The Morgan fingerprint density at radius 2 is 2.04 bits per heavy atom. The van der Waals surface area contributed by atoms with Gasteiger partial charge in [-0.15, -0.1) is 0 Å². The van der Waals surface area contributed by atoms with E-state index in [1.165, 1.54) is 6.08 Å². The maximum atomic E-state index is 13.1. The molecule has 0 aliphatic carbocycles. The van der Waals surface area contributed by atoms with E-state index in [2.05, 4.69) is 28.2 Å². The van der Waals surface area contributed by atoms with E-state index in [9.17, 15) is 4.39 Å². The first-order valence-corrected chi connectivity index (χ1v) is 8.50. The number of imidazole rings is 2. The lowest BCUT2D eigenvalue weighted by Crippen LogP contribution is -2.05. The van der Waals surface area contributed by atoms with Crippen LogP contribution in [0.3, 0.4) is 0 Å². The fourth-order valence-corrected chi connectivity index (χ4v) is 2.81. The van der Waals surface area contributed by atoms with Crippen LogP contribution in [-0.2, 0) is 6.54 Å². The average molecular weight is 364 g/mol. The molecule has 0 saturated heterocycles. The molecule has 3 heterocycles. The predicted octanol–water partition coefficient (Wildman–Crippen LogP) is 3.98. The standard InChI is InChI=1S/C20H21FN6/c1-5-15(8-7-13(3)21)19-20(26(6-2)12-24-19)16-9-10-18-23-11-17(14(4)22)27(18)25-16/h5,7-12H,3-4,6,22H2,1-2H3/b8-7-,15-5+. The second-order valence-electron chi connectivity index (χ2n) is 5.91. The van der Waals surface area contributed by atoms with Crippen LogP contribution in [0.1, 0.15) is 25.2 Å². The van der Waals surface area contributed by atoms with E-state index in [0.29, 0.717) is 35.0 Å². The second-order valence-corrected chi connectivity index (χ2v) is 5.91. The number of fused-ring (bicyclic) bond motifs is 1. The van der Waals surface area contributed by atoms with Gasteiger partial charge in [-0.1, -0.05) is 25.3 Å². The molecule has 0 radical (unpaired) electrons. The van der Waals surface area contributed by atoms with Crippen LogP contribution in [-0.4, -0.2) is 24.1 Å². The normalized spacial score (nSPS) is 12.2. The van der Waals surface area contributed by atoms with Crippen LogP contribution in [0.2, 0.25) is 0 Å². The molecule has 0 aliphatic heterocycles. The Hall–Kier alpha value is -3.48. The summed E-state index contributed by atoms with van der Waals surface area (Å²) in [5, 5.41) is 4.69. The Bertz CT molecular complexity index is 1080. The molecule has 0 amide bonds. The zero-order chi connectivity index (χ0) is 19.6. The molecule has 3 rings (SSSR count). The number of halogens is 1. The van der Waals surface area contributed by atoms with Gasteiger partial charge in [0.15, 0.2) is 5.65 Å². The summed E-state index contributed by atoms with van der Waals surface area (Å²) in [6.07, 6.45) is 8.21. The number of hydrogen-bond acceptors (Lipinski definition) is 4. The zero-order valence-electron chi connectivity index (χ0n) is 15.4. The minimum Gasteiger partial charge on any atom is -0.397 e. The molecular weight excluding hydrogens is 343 g/mol. The summed E-state index contributed by atoms with van der Waals surface area (Å²) in [7, 11) is 0. The first kappa shape index (κ1) is 18.3. The van der Waals surface area contributed by atoms with Gasteiger partial charge < -0.3 is 10.3 Å². The van der Waals surface area contributed by atoms with Gasteiger partial charge in [0.05, 0.1) is 29.6 Å². The molecule has 0 fully saturated rings. The summed E-state index contributed by atoms with van der Waals surface area (Å²) in [4.78, 5) is 8.81. The van der Waals surface area contributed by atoms with Gasteiger partial charge in [-0.2, -0.15) is 5.10 Å². The third kappa shape index (κ3) is 3.44. The molecule has 6 nitrogen and oxygen atoms in total. The van der Waals surface area contributed by atoms with Gasteiger partial charge >= 0.3 is 0 Å². The Morgan fingerprint density at radius 3 is 2.67 bits per heavy atom. The monoisotopic (exact) mass is 364 g/mol. The van der Waals surface area contributed by atoms with E-state index in [0.717, 1.165) is 11.3 Å². The van der Waals surface area contributed by atoms with E-state index < -0.39 is 5.83 Å². The third-order valence-corrected chi connectivity index (χ3v) is 4.14.